The lowest BCUT2D eigenvalue weighted by atomic mass is 10.1. The van der Waals surface area contributed by atoms with E-state index < -0.39 is 0 Å². The first-order valence-corrected chi connectivity index (χ1v) is 11.8. The molecule has 5 rings (SSSR count). The topological polar surface area (TPSA) is 59.8 Å². The summed E-state index contributed by atoms with van der Waals surface area (Å²) in [6, 6.07) is 28.5. The zero-order valence-electron chi connectivity index (χ0n) is 20.1. The van der Waals surface area contributed by atoms with Crippen molar-refractivity contribution in [3.05, 3.63) is 125 Å². The van der Waals surface area contributed by atoms with Crippen LogP contribution in [-0.2, 0) is 9.53 Å². The number of furan rings is 1. The Kier molecular flexibility index (Phi) is 6.37. The standard InChI is InChI=1S/C31H25NO4/c1-3-35-31(34)24-13-11-23(12-14-24)29-18-17-27(36-29)19-25-20-28(22-7-5-4-6-8-22)32(30(25)33)26-15-9-21(2)10-16-26/h4-20H,3H2,1-2H3/b25-19+. The molecule has 1 amide bonds. The van der Waals surface area contributed by atoms with Crippen LogP contribution in [0.2, 0.25) is 0 Å². The summed E-state index contributed by atoms with van der Waals surface area (Å²) in [6.07, 6.45) is 3.66. The van der Waals surface area contributed by atoms with E-state index >= 15 is 0 Å². The Morgan fingerprint density at radius 1 is 0.889 bits per heavy atom. The lowest BCUT2D eigenvalue weighted by molar-refractivity contribution is -0.113. The molecule has 0 saturated heterocycles. The van der Waals surface area contributed by atoms with Crippen molar-refractivity contribution in [2.24, 2.45) is 0 Å². The number of ether oxygens (including phenoxy) is 1. The van der Waals surface area contributed by atoms with Crippen LogP contribution in [0.5, 0.6) is 0 Å². The normalized spacial score (nSPS) is 14.3. The van der Waals surface area contributed by atoms with Crippen LogP contribution in [0.3, 0.4) is 0 Å². The fourth-order valence-electron chi connectivity index (χ4n) is 4.11. The van der Waals surface area contributed by atoms with E-state index in [0.29, 0.717) is 29.3 Å². The van der Waals surface area contributed by atoms with Crippen LogP contribution >= 0.6 is 0 Å². The van der Waals surface area contributed by atoms with Gasteiger partial charge in [0.05, 0.1) is 17.9 Å². The van der Waals surface area contributed by atoms with Crippen LogP contribution in [0.25, 0.3) is 23.1 Å². The van der Waals surface area contributed by atoms with Crippen molar-refractivity contribution in [3.63, 3.8) is 0 Å². The highest BCUT2D eigenvalue weighted by molar-refractivity contribution is 6.23. The van der Waals surface area contributed by atoms with E-state index in [1.165, 1.54) is 0 Å². The number of anilines is 1. The minimum Gasteiger partial charge on any atom is -0.462 e. The molecule has 1 aliphatic rings. The third-order valence-electron chi connectivity index (χ3n) is 5.95. The predicted molar refractivity (Wildman–Crippen MR) is 141 cm³/mol. The van der Waals surface area contributed by atoms with E-state index in [2.05, 4.69) is 0 Å². The van der Waals surface area contributed by atoms with Gasteiger partial charge < -0.3 is 9.15 Å². The molecular weight excluding hydrogens is 450 g/mol. The summed E-state index contributed by atoms with van der Waals surface area (Å²) in [4.78, 5) is 27.2. The second kappa shape index (κ2) is 9.92. The fourth-order valence-corrected chi connectivity index (χ4v) is 4.11. The molecule has 1 aliphatic heterocycles. The summed E-state index contributed by atoms with van der Waals surface area (Å²) in [5, 5.41) is 0. The van der Waals surface area contributed by atoms with E-state index in [0.717, 1.165) is 28.1 Å². The molecule has 4 aromatic rings. The molecule has 1 aromatic heterocycles. The highest BCUT2D eigenvalue weighted by Gasteiger charge is 2.30. The first-order valence-electron chi connectivity index (χ1n) is 11.8. The van der Waals surface area contributed by atoms with Crippen LogP contribution in [0, 0.1) is 6.92 Å². The Balaban J connectivity index is 1.46. The van der Waals surface area contributed by atoms with E-state index in [9.17, 15) is 9.59 Å². The number of aryl methyl sites for hydroxylation is 1. The van der Waals surface area contributed by atoms with Gasteiger partial charge in [0.2, 0.25) is 0 Å². The molecule has 0 bridgehead atoms. The number of esters is 1. The Bertz CT molecular complexity index is 1460. The maximum absolute atomic E-state index is 13.5. The molecule has 0 radical (unpaired) electrons. The quantitative estimate of drug-likeness (QED) is 0.225. The second-order valence-electron chi connectivity index (χ2n) is 8.47. The third kappa shape index (κ3) is 4.64. The van der Waals surface area contributed by atoms with Crippen molar-refractivity contribution in [2.75, 3.05) is 11.5 Å². The van der Waals surface area contributed by atoms with Crippen molar-refractivity contribution < 1.29 is 18.7 Å². The number of carbonyl (C=O) groups excluding carboxylic acids is 2. The van der Waals surface area contributed by atoms with Gasteiger partial charge in [0.25, 0.3) is 5.91 Å². The van der Waals surface area contributed by atoms with E-state index in [1.807, 2.05) is 91.9 Å². The Labute approximate surface area is 209 Å². The Hall–Kier alpha value is -4.64. The lowest BCUT2D eigenvalue weighted by Crippen LogP contribution is -2.24. The Morgan fingerprint density at radius 2 is 1.61 bits per heavy atom. The molecule has 0 N–H and O–H groups in total. The molecule has 0 atom stereocenters. The molecule has 178 valence electrons. The zero-order chi connectivity index (χ0) is 25.1. The molecule has 5 heteroatoms. The molecule has 36 heavy (non-hydrogen) atoms. The minimum atomic E-state index is -0.354. The number of hydrogen-bond acceptors (Lipinski definition) is 4. The van der Waals surface area contributed by atoms with Gasteiger partial charge in [-0.05, 0) is 68.0 Å². The van der Waals surface area contributed by atoms with Crippen LogP contribution in [0.4, 0.5) is 5.69 Å². The van der Waals surface area contributed by atoms with E-state index in [1.54, 1.807) is 30.0 Å². The summed E-state index contributed by atoms with van der Waals surface area (Å²) in [7, 11) is 0. The van der Waals surface area contributed by atoms with Crippen LogP contribution in [0.1, 0.15) is 34.2 Å². The number of carbonyl (C=O) groups is 2. The number of hydrogen-bond donors (Lipinski definition) is 0. The van der Waals surface area contributed by atoms with Gasteiger partial charge in [-0.15, -0.1) is 0 Å². The predicted octanol–water partition coefficient (Wildman–Crippen LogP) is 6.90. The summed E-state index contributed by atoms with van der Waals surface area (Å²) >= 11 is 0. The average Bonchev–Trinajstić information content (AvgIpc) is 3.50. The first kappa shape index (κ1) is 23.1. The molecule has 2 heterocycles. The number of rotatable bonds is 6. The monoisotopic (exact) mass is 475 g/mol. The number of amides is 1. The van der Waals surface area contributed by atoms with Gasteiger partial charge in [0, 0.05) is 16.8 Å². The van der Waals surface area contributed by atoms with Gasteiger partial charge in [0.15, 0.2) is 0 Å². The fraction of sp³-hybridized carbons (Fsp3) is 0.0968. The van der Waals surface area contributed by atoms with Crippen molar-refractivity contribution in [1.29, 1.82) is 0 Å². The maximum atomic E-state index is 13.5. The smallest absolute Gasteiger partial charge is 0.338 e. The molecule has 0 fully saturated rings. The van der Waals surface area contributed by atoms with Gasteiger partial charge in [-0.1, -0.05) is 60.2 Å². The van der Waals surface area contributed by atoms with Gasteiger partial charge in [0.1, 0.15) is 11.5 Å². The minimum absolute atomic E-state index is 0.116. The van der Waals surface area contributed by atoms with Gasteiger partial charge in [-0.2, -0.15) is 0 Å². The highest BCUT2D eigenvalue weighted by atomic mass is 16.5. The molecule has 5 nitrogen and oxygen atoms in total. The number of nitrogens with zero attached hydrogens (tertiary/aromatic N) is 1. The Morgan fingerprint density at radius 3 is 2.31 bits per heavy atom. The van der Waals surface area contributed by atoms with Gasteiger partial charge in [-0.25, -0.2) is 4.79 Å². The van der Waals surface area contributed by atoms with Crippen molar-refractivity contribution in [3.8, 4) is 11.3 Å². The molecule has 0 unspecified atom stereocenters. The molecule has 0 saturated carbocycles. The summed E-state index contributed by atoms with van der Waals surface area (Å²) in [5.74, 6) is 0.741. The lowest BCUT2D eigenvalue weighted by Gasteiger charge is -2.21. The van der Waals surface area contributed by atoms with Crippen LogP contribution in [0.15, 0.2) is 107 Å². The summed E-state index contributed by atoms with van der Waals surface area (Å²) in [5.41, 5.74) is 5.56. The van der Waals surface area contributed by atoms with Crippen molar-refractivity contribution in [1.82, 2.24) is 0 Å². The van der Waals surface area contributed by atoms with E-state index in [-0.39, 0.29) is 11.9 Å². The largest absolute Gasteiger partial charge is 0.462 e. The summed E-state index contributed by atoms with van der Waals surface area (Å²) < 4.78 is 11.1. The zero-order valence-corrected chi connectivity index (χ0v) is 20.1. The van der Waals surface area contributed by atoms with E-state index in [4.69, 9.17) is 9.15 Å². The van der Waals surface area contributed by atoms with Crippen molar-refractivity contribution in [2.45, 2.75) is 13.8 Å². The third-order valence-corrected chi connectivity index (χ3v) is 5.95. The van der Waals surface area contributed by atoms with Gasteiger partial charge in [-0.3, -0.25) is 9.69 Å². The highest BCUT2D eigenvalue weighted by Crippen LogP contribution is 2.35. The molecule has 3 aromatic carbocycles. The van der Waals surface area contributed by atoms with Gasteiger partial charge >= 0.3 is 5.97 Å². The number of benzene rings is 3. The molecule has 0 spiro atoms. The van der Waals surface area contributed by atoms with Crippen molar-refractivity contribution >= 4 is 29.3 Å². The SMILES string of the molecule is CCOC(=O)c1ccc(-c2ccc(/C=C3\C=C(c4ccccc4)N(c4ccc(C)cc4)C3=O)o2)cc1. The second-order valence-corrected chi connectivity index (χ2v) is 8.47. The molecular formula is C31H25NO4. The first-order chi connectivity index (χ1) is 17.5. The molecule has 0 aliphatic carbocycles. The summed E-state index contributed by atoms with van der Waals surface area (Å²) in [6.45, 7) is 4.13. The average molecular weight is 476 g/mol. The van der Waals surface area contributed by atoms with Crippen LogP contribution in [-0.4, -0.2) is 18.5 Å². The maximum Gasteiger partial charge on any atom is 0.338 e. The van der Waals surface area contributed by atoms with Crippen LogP contribution < -0.4 is 4.90 Å².